The molecule has 1 unspecified atom stereocenters. The van der Waals surface area contributed by atoms with E-state index in [-0.39, 0.29) is 5.91 Å². The van der Waals surface area contributed by atoms with Crippen LogP contribution in [0.5, 0.6) is 0 Å². The first-order valence-electron chi connectivity index (χ1n) is 12.7. The van der Waals surface area contributed by atoms with Gasteiger partial charge in [0.05, 0.1) is 5.92 Å². The number of imide groups is 1. The molecule has 2 heterocycles. The van der Waals surface area contributed by atoms with Gasteiger partial charge in [-0.3, -0.25) is 19.7 Å². The van der Waals surface area contributed by atoms with E-state index in [0.717, 1.165) is 47.3 Å². The maximum Gasteiger partial charge on any atom is 0.286 e. The van der Waals surface area contributed by atoms with Gasteiger partial charge >= 0.3 is 0 Å². The van der Waals surface area contributed by atoms with Gasteiger partial charge in [-0.15, -0.1) is 11.3 Å². The third-order valence-electron chi connectivity index (χ3n) is 9.77. The molecule has 0 N–H and O–H groups in total. The van der Waals surface area contributed by atoms with Gasteiger partial charge in [0, 0.05) is 25.7 Å². The van der Waals surface area contributed by atoms with Crippen LogP contribution in [0.15, 0.2) is 35.9 Å². The second-order valence-electron chi connectivity index (χ2n) is 11.5. The van der Waals surface area contributed by atoms with E-state index in [1.54, 1.807) is 11.3 Å². The van der Waals surface area contributed by atoms with Crippen molar-refractivity contribution in [3.8, 4) is 10.4 Å². The highest BCUT2D eigenvalue weighted by atomic mass is 32.1. The van der Waals surface area contributed by atoms with Crippen LogP contribution in [-0.4, -0.2) is 28.3 Å². The minimum absolute atomic E-state index is 0.343. The Balaban J connectivity index is 1.47. The molecule has 6 nitrogen and oxygen atoms in total. The van der Waals surface area contributed by atoms with Crippen LogP contribution in [0.3, 0.4) is 0 Å². The van der Waals surface area contributed by atoms with Crippen LogP contribution in [0.1, 0.15) is 55.0 Å². The topological polar surface area (TPSA) is 80.5 Å². The van der Waals surface area contributed by atoms with Gasteiger partial charge in [-0.25, -0.2) is 4.90 Å². The van der Waals surface area contributed by atoms with Crippen molar-refractivity contribution >= 4 is 28.7 Å². The maximum absolute atomic E-state index is 13.9. The monoisotopic (exact) mass is 488 g/mol. The number of amides is 2. The Bertz CT molecular complexity index is 1310. The molecule has 2 aromatic rings. The minimum atomic E-state index is -0.746. The first-order valence-corrected chi connectivity index (χ1v) is 13.5. The maximum atomic E-state index is 13.9. The number of carbonyl (C=O) groups is 2. The van der Waals surface area contributed by atoms with Gasteiger partial charge in [-0.2, -0.15) is 0 Å². The largest absolute Gasteiger partial charge is 0.286 e. The average molecular weight is 489 g/mol. The van der Waals surface area contributed by atoms with Crippen LogP contribution in [0.25, 0.3) is 16.0 Å². The number of allylic oxidation sites excluding steroid dienone is 1. The zero-order valence-corrected chi connectivity index (χ0v) is 20.8. The van der Waals surface area contributed by atoms with Crippen LogP contribution in [0.2, 0.25) is 0 Å². The van der Waals surface area contributed by atoms with E-state index in [9.17, 15) is 19.7 Å². The van der Waals surface area contributed by atoms with E-state index in [1.807, 2.05) is 6.92 Å². The number of hydrogen-bond acceptors (Lipinski definition) is 5. The number of nitrogens with zero attached hydrogens (tertiary/aromatic N) is 2. The number of thiophene rings is 1. The lowest BCUT2D eigenvalue weighted by molar-refractivity contribution is -0.496. The molecule has 6 aliphatic rings. The van der Waals surface area contributed by atoms with E-state index >= 15 is 0 Å². The molecular weight excluding hydrogens is 460 g/mol. The molecule has 5 aliphatic carbocycles. The second-order valence-corrected chi connectivity index (χ2v) is 12.5. The fraction of sp³-hybridized carbons (Fsp3) is 0.500. The predicted octanol–water partition coefficient (Wildman–Crippen LogP) is 5.42. The predicted molar refractivity (Wildman–Crippen MR) is 133 cm³/mol. The summed E-state index contributed by atoms with van der Waals surface area (Å²) in [5.41, 5.74) is 4.41. The van der Waals surface area contributed by atoms with Crippen molar-refractivity contribution in [3.63, 3.8) is 0 Å². The highest BCUT2D eigenvalue weighted by Crippen LogP contribution is 2.70. The summed E-state index contributed by atoms with van der Waals surface area (Å²) in [6, 6.07) is 10.7. The van der Waals surface area contributed by atoms with Gasteiger partial charge in [0.1, 0.15) is 0 Å². The minimum Gasteiger partial charge on any atom is -0.273 e. The Morgan fingerprint density at radius 2 is 1.66 bits per heavy atom. The summed E-state index contributed by atoms with van der Waals surface area (Å²) in [5.74, 6) is 0.744. The summed E-state index contributed by atoms with van der Waals surface area (Å²) >= 11 is 1.79. The van der Waals surface area contributed by atoms with Crippen molar-refractivity contribution in [1.29, 1.82) is 0 Å². The Kier molecular flexibility index (Phi) is 4.37. The number of fused-ring (bicyclic) bond motifs is 2. The summed E-state index contributed by atoms with van der Waals surface area (Å²) in [4.78, 5) is 41.7. The molecule has 4 bridgehead atoms. The molecule has 2 amide bonds. The molecule has 5 fully saturated rings. The van der Waals surface area contributed by atoms with Gasteiger partial charge in [0.15, 0.2) is 0 Å². The third-order valence-corrected chi connectivity index (χ3v) is 11.1. The molecule has 1 aromatic carbocycles. The molecule has 1 saturated heterocycles. The van der Waals surface area contributed by atoms with Crippen LogP contribution in [0.4, 0.5) is 0 Å². The first kappa shape index (κ1) is 21.5. The van der Waals surface area contributed by atoms with Gasteiger partial charge in [0.2, 0.25) is 5.91 Å². The van der Waals surface area contributed by atoms with E-state index < -0.39 is 28.8 Å². The Hall–Kier alpha value is -2.80. The number of rotatable bonds is 3. The lowest BCUT2D eigenvalue weighted by Crippen LogP contribution is -2.61. The number of hydrogen-bond donors (Lipinski definition) is 0. The first-order chi connectivity index (χ1) is 16.8. The van der Waals surface area contributed by atoms with Gasteiger partial charge in [-0.05, 0) is 92.4 Å². The number of likely N-dealkylation sites (tertiary alicyclic amines) is 1. The lowest BCUT2D eigenvalue weighted by Gasteiger charge is -2.63. The number of carbonyl (C=O) groups excluding carboxylic acids is 2. The Morgan fingerprint density at radius 3 is 2.26 bits per heavy atom. The van der Waals surface area contributed by atoms with Crippen LogP contribution >= 0.6 is 11.3 Å². The van der Waals surface area contributed by atoms with Gasteiger partial charge < -0.3 is 0 Å². The molecule has 1 spiro atoms. The summed E-state index contributed by atoms with van der Waals surface area (Å²) in [7, 11) is 0. The van der Waals surface area contributed by atoms with E-state index in [1.165, 1.54) is 21.7 Å². The Labute approximate surface area is 208 Å². The molecule has 4 saturated carbocycles. The fourth-order valence-corrected chi connectivity index (χ4v) is 10.3. The zero-order chi connectivity index (χ0) is 24.2. The summed E-state index contributed by atoms with van der Waals surface area (Å²) in [6.45, 7) is 3.27. The standard InChI is InChI=1S/C28H28N2O4S/c1-14-3-5-18(6-4-14)22-12-21-15(2)23-24(27(32)29(26(23)31)13-30(33)34)28(25(21)35-22)19-8-16-7-17(10-19)11-20(28)9-16/h3-6,12,16-17,19-20,24H,7-11,13H2,1-2H3. The lowest BCUT2D eigenvalue weighted by atomic mass is 9.40. The Morgan fingerprint density at radius 1 is 1.03 bits per heavy atom. The highest BCUT2D eigenvalue weighted by molar-refractivity contribution is 7.16. The smallest absolute Gasteiger partial charge is 0.273 e. The van der Waals surface area contributed by atoms with Crippen molar-refractivity contribution in [3.05, 3.63) is 62.0 Å². The normalized spacial score (nSPS) is 34.7. The van der Waals surface area contributed by atoms with Crippen molar-refractivity contribution in [2.75, 3.05) is 6.67 Å². The van der Waals surface area contributed by atoms with Crippen LogP contribution in [-0.2, 0) is 15.0 Å². The van der Waals surface area contributed by atoms with Gasteiger partial charge in [0.25, 0.3) is 12.6 Å². The number of nitro groups is 1. The third kappa shape index (κ3) is 2.70. The fourth-order valence-electron chi connectivity index (χ4n) is 8.65. The summed E-state index contributed by atoms with van der Waals surface area (Å²) in [5, 5.41) is 11.4. The van der Waals surface area contributed by atoms with E-state index in [0.29, 0.717) is 29.2 Å². The molecule has 180 valence electrons. The second kappa shape index (κ2) is 7.12. The summed E-state index contributed by atoms with van der Waals surface area (Å²) < 4.78 is 0. The molecule has 1 atom stereocenters. The quantitative estimate of drug-likeness (QED) is 0.328. The number of aryl methyl sites for hydroxylation is 1. The van der Waals surface area contributed by atoms with Crippen molar-refractivity contribution < 1.29 is 14.5 Å². The van der Waals surface area contributed by atoms with Crippen molar-refractivity contribution in [1.82, 2.24) is 4.90 Å². The van der Waals surface area contributed by atoms with E-state index in [4.69, 9.17) is 0 Å². The molecule has 8 rings (SSSR count). The SMILES string of the molecule is CC1=C2C(=O)N(C[N+](=O)[O-])C(=O)C2C2(c3sc(-c4ccc(C)cc4)cc31)C1CC3CC(C1)CC2C3. The molecule has 0 radical (unpaired) electrons. The average Bonchev–Trinajstić information content (AvgIpc) is 3.36. The molecule has 7 heteroatoms. The van der Waals surface area contributed by atoms with Gasteiger partial charge in [-0.1, -0.05) is 29.8 Å². The molecular formula is C28H28N2O4S. The number of benzene rings is 1. The highest BCUT2D eigenvalue weighted by Gasteiger charge is 2.69. The van der Waals surface area contributed by atoms with Crippen molar-refractivity contribution in [2.45, 2.75) is 51.4 Å². The summed E-state index contributed by atoms with van der Waals surface area (Å²) in [6.07, 6.45) is 5.70. The van der Waals surface area contributed by atoms with Crippen LogP contribution in [0, 0.1) is 46.6 Å². The molecule has 35 heavy (non-hydrogen) atoms. The van der Waals surface area contributed by atoms with Crippen LogP contribution < -0.4 is 0 Å². The van der Waals surface area contributed by atoms with E-state index in [2.05, 4.69) is 37.3 Å². The van der Waals surface area contributed by atoms with Crippen molar-refractivity contribution in [2.24, 2.45) is 29.6 Å². The zero-order valence-electron chi connectivity index (χ0n) is 20.0. The molecule has 1 aliphatic heterocycles. The molecule has 1 aromatic heterocycles.